The lowest BCUT2D eigenvalue weighted by atomic mass is 9.98. The largest absolute Gasteiger partial charge is 0.427 e. The lowest BCUT2D eigenvalue weighted by Crippen LogP contribution is -2.05. The lowest BCUT2D eigenvalue weighted by molar-refractivity contribution is -0.134. The van der Waals surface area contributed by atoms with Gasteiger partial charge in [-0.2, -0.15) is 0 Å². The molecule has 1 fully saturated rings. The third kappa shape index (κ3) is 2.63. The second-order valence-electron chi connectivity index (χ2n) is 4.38. The summed E-state index contributed by atoms with van der Waals surface area (Å²) in [5.74, 6) is 1.21. The minimum absolute atomic E-state index is 0.173. The number of hydrogen-bond acceptors (Lipinski definition) is 2. The van der Waals surface area contributed by atoms with Gasteiger partial charge in [-0.25, -0.2) is 0 Å². The Kier molecular flexibility index (Phi) is 3.60. The fourth-order valence-corrected chi connectivity index (χ4v) is 2.27. The van der Waals surface area contributed by atoms with Gasteiger partial charge >= 0.3 is 5.97 Å². The van der Waals surface area contributed by atoms with E-state index in [0.717, 1.165) is 5.92 Å². The fourth-order valence-electron chi connectivity index (χ4n) is 2.27. The Balaban J connectivity index is 2.01. The Bertz CT molecular complexity index is 348. The van der Waals surface area contributed by atoms with Crippen LogP contribution in [0.25, 0.3) is 0 Å². The standard InChI is InChI=1S/C14H18O2/c1-2-14(15)16-13-9-7-12(8-10-13)11-5-3-4-6-11/h7-11H,2-6H2,1H3. The van der Waals surface area contributed by atoms with Gasteiger partial charge in [0.05, 0.1) is 0 Å². The van der Waals surface area contributed by atoms with Gasteiger partial charge in [0.25, 0.3) is 0 Å². The molecule has 1 aliphatic carbocycles. The molecule has 1 saturated carbocycles. The van der Waals surface area contributed by atoms with Gasteiger partial charge in [-0.05, 0) is 36.5 Å². The molecule has 2 nitrogen and oxygen atoms in total. The first-order chi connectivity index (χ1) is 7.79. The van der Waals surface area contributed by atoms with Gasteiger partial charge in [0, 0.05) is 6.42 Å². The molecule has 0 spiro atoms. The number of carbonyl (C=O) groups is 1. The molecule has 0 saturated heterocycles. The number of benzene rings is 1. The molecule has 2 heteroatoms. The van der Waals surface area contributed by atoms with Crippen molar-refractivity contribution >= 4 is 5.97 Å². The summed E-state index contributed by atoms with van der Waals surface area (Å²) in [6.07, 6.45) is 5.71. The molecular formula is C14H18O2. The number of carbonyl (C=O) groups excluding carboxylic acids is 1. The van der Waals surface area contributed by atoms with Crippen molar-refractivity contribution in [3.8, 4) is 5.75 Å². The maximum atomic E-state index is 11.1. The molecule has 0 unspecified atom stereocenters. The Hall–Kier alpha value is -1.31. The molecule has 0 amide bonds. The van der Waals surface area contributed by atoms with Crippen molar-refractivity contribution in [2.75, 3.05) is 0 Å². The topological polar surface area (TPSA) is 26.3 Å². The van der Waals surface area contributed by atoms with Gasteiger partial charge < -0.3 is 4.74 Å². The molecule has 16 heavy (non-hydrogen) atoms. The van der Waals surface area contributed by atoms with Crippen LogP contribution in [0.15, 0.2) is 24.3 Å². The molecule has 0 radical (unpaired) electrons. The maximum Gasteiger partial charge on any atom is 0.310 e. The van der Waals surface area contributed by atoms with Crippen LogP contribution < -0.4 is 4.74 Å². The van der Waals surface area contributed by atoms with Crippen LogP contribution in [0.4, 0.5) is 0 Å². The highest BCUT2D eigenvalue weighted by molar-refractivity contribution is 5.71. The monoisotopic (exact) mass is 218 g/mol. The second-order valence-corrected chi connectivity index (χ2v) is 4.38. The van der Waals surface area contributed by atoms with E-state index in [4.69, 9.17) is 4.74 Å². The van der Waals surface area contributed by atoms with Crippen molar-refractivity contribution in [3.63, 3.8) is 0 Å². The average molecular weight is 218 g/mol. The highest BCUT2D eigenvalue weighted by Gasteiger charge is 2.16. The van der Waals surface area contributed by atoms with Crippen molar-refractivity contribution in [3.05, 3.63) is 29.8 Å². The highest BCUT2D eigenvalue weighted by atomic mass is 16.5. The van der Waals surface area contributed by atoms with E-state index in [0.29, 0.717) is 12.2 Å². The first-order valence-electron chi connectivity index (χ1n) is 6.10. The quantitative estimate of drug-likeness (QED) is 0.571. The number of rotatable bonds is 3. The van der Waals surface area contributed by atoms with Crippen LogP contribution in [-0.4, -0.2) is 5.97 Å². The van der Waals surface area contributed by atoms with Gasteiger partial charge in [-0.1, -0.05) is 31.9 Å². The lowest BCUT2D eigenvalue weighted by Gasteiger charge is -2.10. The SMILES string of the molecule is CCC(=O)Oc1ccc(C2CCCC2)cc1. The Labute approximate surface area is 96.6 Å². The van der Waals surface area contributed by atoms with E-state index in [1.54, 1.807) is 6.92 Å². The second kappa shape index (κ2) is 5.15. The third-order valence-electron chi connectivity index (χ3n) is 3.23. The smallest absolute Gasteiger partial charge is 0.310 e. The first-order valence-corrected chi connectivity index (χ1v) is 6.10. The van der Waals surface area contributed by atoms with Crippen LogP contribution in [0.5, 0.6) is 5.75 Å². The van der Waals surface area contributed by atoms with Gasteiger partial charge in [0.15, 0.2) is 0 Å². The molecule has 0 bridgehead atoms. The molecule has 86 valence electrons. The van der Waals surface area contributed by atoms with Gasteiger partial charge in [-0.15, -0.1) is 0 Å². The summed E-state index contributed by atoms with van der Waals surface area (Å²) in [7, 11) is 0. The van der Waals surface area contributed by atoms with E-state index in [1.165, 1.54) is 31.2 Å². The predicted molar refractivity (Wildman–Crippen MR) is 63.6 cm³/mol. The summed E-state index contributed by atoms with van der Waals surface area (Å²) in [5.41, 5.74) is 1.38. The molecule has 0 aliphatic heterocycles. The summed E-state index contributed by atoms with van der Waals surface area (Å²) < 4.78 is 5.14. The van der Waals surface area contributed by atoms with Crippen molar-refractivity contribution in [2.24, 2.45) is 0 Å². The minimum atomic E-state index is -0.173. The van der Waals surface area contributed by atoms with E-state index < -0.39 is 0 Å². The van der Waals surface area contributed by atoms with Crippen molar-refractivity contribution < 1.29 is 9.53 Å². The van der Waals surface area contributed by atoms with Gasteiger partial charge in [-0.3, -0.25) is 4.79 Å². The molecular weight excluding hydrogens is 200 g/mol. The zero-order chi connectivity index (χ0) is 11.4. The van der Waals surface area contributed by atoms with Crippen LogP contribution in [0.3, 0.4) is 0 Å². The Morgan fingerprint density at radius 3 is 2.44 bits per heavy atom. The van der Waals surface area contributed by atoms with Crippen LogP contribution >= 0.6 is 0 Å². The number of hydrogen-bond donors (Lipinski definition) is 0. The first kappa shape index (κ1) is 11.2. The van der Waals surface area contributed by atoms with E-state index in [1.807, 2.05) is 12.1 Å². The molecule has 1 aromatic carbocycles. The van der Waals surface area contributed by atoms with Crippen LogP contribution in [0.1, 0.15) is 50.5 Å². The van der Waals surface area contributed by atoms with Gasteiger partial charge in [0.1, 0.15) is 5.75 Å². The minimum Gasteiger partial charge on any atom is -0.427 e. The summed E-state index contributed by atoms with van der Waals surface area (Å²) in [6, 6.07) is 7.99. The Morgan fingerprint density at radius 1 is 1.25 bits per heavy atom. The number of ether oxygens (including phenoxy) is 1. The zero-order valence-electron chi connectivity index (χ0n) is 9.74. The van der Waals surface area contributed by atoms with Gasteiger partial charge in [0.2, 0.25) is 0 Å². The van der Waals surface area contributed by atoms with Crippen molar-refractivity contribution in [2.45, 2.75) is 44.9 Å². The summed E-state index contributed by atoms with van der Waals surface area (Å²) in [4.78, 5) is 11.1. The zero-order valence-corrected chi connectivity index (χ0v) is 9.74. The molecule has 1 aliphatic rings. The van der Waals surface area contributed by atoms with E-state index in [-0.39, 0.29) is 5.97 Å². The fraction of sp³-hybridized carbons (Fsp3) is 0.500. The van der Waals surface area contributed by atoms with E-state index in [2.05, 4.69) is 12.1 Å². The summed E-state index contributed by atoms with van der Waals surface area (Å²) in [5, 5.41) is 0. The Morgan fingerprint density at radius 2 is 1.88 bits per heavy atom. The van der Waals surface area contributed by atoms with Crippen LogP contribution in [0, 0.1) is 0 Å². The van der Waals surface area contributed by atoms with Crippen LogP contribution in [-0.2, 0) is 4.79 Å². The number of esters is 1. The maximum absolute atomic E-state index is 11.1. The molecule has 1 aromatic rings. The molecule has 0 aromatic heterocycles. The predicted octanol–water partition coefficient (Wildman–Crippen LogP) is 3.66. The highest BCUT2D eigenvalue weighted by Crippen LogP contribution is 2.34. The van der Waals surface area contributed by atoms with E-state index in [9.17, 15) is 4.79 Å². The van der Waals surface area contributed by atoms with Crippen molar-refractivity contribution in [1.82, 2.24) is 0 Å². The molecule has 2 rings (SSSR count). The van der Waals surface area contributed by atoms with E-state index >= 15 is 0 Å². The molecule has 0 N–H and O–H groups in total. The summed E-state index contributed by atoms with van der Waals surface area (Å²) >= 11 is 0. The molecule has 0 atom stereocenters. The normalized spacial score (nSPS) is 16.3. The van der Waals surface area contributed by atoms with Crippen molar-refractivity contribution in [1.29, 1.82) is 0 Å². The average Bonchev–Trinajstić information content (AvgIpc) is 2.83. The van der Waals surface area contributed by atoms with Crippen LogP contribution in [0.2, 0.25) is 0 Å². The summed E-state index contributed by atoms with van der Waals surface area (Å²) in [6.45, 7) is 1.80. The third-order valence-corrected chi connectivity index (χ3v) is 3.23. The molecule has 0 heterocycles.